The minimum atomic E-state index is -0.301. The smallest absolute Gasteiger partial charge is 0.306 e. The fraction of sp³-hybridized carbons (Fsp3) is 0.190. The lowest BCUT2D eigenvalue weighted by atomic mass is 10.1. The molecule has 0 amide bonds. The molecule has 0 radical (unpaired) electrons. The van der Waals surface area contributed by atoms with Gasteiger partial charge in [-0.3, -0.25) is 4.79 Å². The number of carbonyl (C=O) groups excluding carboxylic acids is 1. The molecule has 28 heavy (non-hydrogen) atoms. The number of hydrogen-bond acceptors (Lipinski definition) is 7. The summed E-state index contributed by atoms with van der Waals surface area (Å²) >= 11 is 1.57. The monoisotopic (exact) mass is 394 g/mol. The van der Waals surface area contributed by atoms with Crippen LogP contribution in [0.15, 0.2) is 57.7 Å². The van der Waals surface area contributed by atoms with Crippen molar-refractivity contribution in [1.29, 1.82) is 0 Å². The fourth-order valence-corrected chi connectivity index (χ4v) is 3.43. The van der Waals surface area contributed by atoms with Crippen LogP contribution < -0.4 is 4.74 Å². The third kappa shape index (κ3) is 4.20. The summed E-state index contributed by atoms with van der Waals surface area (Å²) in [6.07, 6.45) is 0.545. The molecule has 6 nitrogen and oxygen atoms in total. The standard InChI is InChI=1S/C21H18N2O4S/c1-25-18-5-4-15-10-14(2-3-16(15)11-18)12-26-20(24)7-6-19-22-21(23-27-19)17-8-9-28-13-17/h2-5,8-11,13H,6-7,12H2,1H3. The number of ether oxygens (including phenoxy) is 2. The molecule has 0 aliphatic heterocycles. The second kappa shape index (κ2) is 8.22. The van der Waals surface area contributed by atoms with E-state index in [4.69, 9.17) is 14.0 Å². The molecule has 2 aromatic carbocycles. The van der Waals surface area contributed by atoms with Gasteiger partial charge in [-0.2, -0.15) is 16.3 Å². The van der Waals surface area contributed by atoms with Crippen molar-refractivity contribution in [1.82, 2.24) is 10.1 Å². The first kappa shape index (κ1) is 18.2. The van der Waals surface area contributed by atoms with Crippen LogP contribution in [-0.4, -0.2) is 23.2 Å². The van der Waals surface area contributed by atoms with E-state index in [1.54, 1.807) is 18.4 Å². The van der Waals surface area contributed by atoms with Crippen molar-refractivity contribution in [3.8, 4) is 17.1 Å². The van der Waals surface area contributed by atoms with Crippen molar-refractivity contribution < 1.29 is 18.8 Å². The molecule has 2 heterocycles. The molecule has 142 valence electrons. The zero-order valence-corrected chi connectivity index (χ0v) is 16.1. The van der Waals surface area contributed by atoms with Gasteiger partial charge >= 0.3 is 5.97 Å². The van der Waals surface area contributed by atoms with Crippen LogP contribution in [0.4, 0.5) is 0 Å². The molecule has 0 aliphatic carbocycles. The van der Waals surface area contributed by atoms with Gasteiger partial charge in [0.05, 0.1) is 13.5 Å². The number of fused-ring (bicyclic) bond motifs is 1. The summed E-state index contributed by atoms with van der Waals surface area (Å²) in [5.74, 6) is 1.48. The highest BCUT2D eigenvalue weighted by molar-refractivity contribution is 7.08. The largest absolute Gasteiger partial charge is 0.497 e. The molecular formula is C21H18N2O4S. The van der Waals surface area contributed by atoms with Gasteiger partial charge in [-0.1, -0.05) is 23.4 Å². The molecule has 0 unspecified atom stereocenters. The molecule has 4 aromatic rings. The summed E-state index contributed by atoms with van der Waals surface area (Å²) in [6, 6.07) is 13.7. The van der Waals surface area contributed by atoms with E-state index < -0.39 is 0 Å². The van der Waals surface area contributed by atoms with Crippen molar-refractivity contribution in [2.75, 3.05) is 7.11 Å². The number of hydrogen-bond donors (Lipinski definition) is 0. The van der Waals surface area contributed by atoms with Crippen LogP contribution in [0.2, 0.25) is 0 Å². The summed E-state index contributed by atoms with van der Waals surface area (Å²) < 4.78 is 15.8. The Kier molecular flexibility index (Phi) is 5.34. The van der Waals surface area contributed by atoms with E-state index in [-0.39, 0.29) is 19.0 Å². The number of nitrogens with zero attached hydrogens (tertiary/aromatic N) is 2. The van der Waals surface area contributed by atoms with Gasteiger partial charge in [-0.25, -0.2) is 0 Å². The maximum absolute atomic E-state index is 12.0. The van der Waals surface area contributed by atoms with Gasteiger partial charge in [0.15, 0.2) is 0 Å². The van der Waals surface area contributed by atoms with Gasteiger partial charge < -0.3 is 14.0 Å². The highest BCUT2D eigenvalue weighted by atomic mass is 32.1. The molecule has 0 aliphatic rings. The molecule has 0 bridgehead atoms. The average molecular weight is 394 g/mol. The number of benzene rings is 2. The van der Waals surface area contributed by atoms with Crippen LogP contribution >= 0.6 is 11.3 Å². The van der Waals surface area contributed by atoms with Gasteiger partial charge in [0.25, 0.3) is 0 Å². The topological polar surface area (TPSA) is 74.5 Å². The molecule has 0 fully saturated rings. The first-order valence-electron chi connectivity index (χ1n) is 8.79. The second-order valence-corrected chi connectivity index (χ2v) is 7.01. The Labute approximate surface area is 165 Å². The summed E-state index contributed by atoms with van der Waals surface area (Å²) in [7, 11) is 1.65. The quantitative estimate of drug-likeness (QED) is 0.425. The summed E-state index contributed by atoms with van der Waals surface area (Å²) in [6.45, 7) is 0.227. The molecule has 0 atom stereocenters. The van der Waals surface area contributed by atoms with E-state index in [1.807, 2.05) is 53.2 Å². The molecule has 0 saturated carbocycles. The lowest BCUT2D eigenvalue weighted by molar-refractivity contribution is -0.145. The maximum Gasteiger partial charge on any atom is 0.306 e. The third-order valence-electron chi connectivity index (χ3n) is 4.30. The first-order chi connectivity index (χ1) is 13.7. The lowest BCUT2D eigenvalue weighted by Gasteiger charge is -2.07. The van der Waals surface area contributed by atoms with Crippen LogP contribution in [0.5, 0.6) is 5.75 Å². The van der Waals surface area contributed by atoms with Crippen LogP contribution in [0.3, 0.4) is 0 Å². The Balaban J connectivity index is 1.30. The molecule has 2 aromatic heterocycles. The van der Waals surface area contributed by atoms with E-state index in [2.05, 4.69) is 10.1 Å². The van der Waals surface area contributed by atoms with Crippen molar-refractivity contribution in [2.24, 2.45) is 0 Å². The Morgan fingerprint density at radius 3 is 2.82 bits per heavy atom. The number of aromatic nitrogens is 2. The zero-order valence-electron chi connectivity index (χ0n) is 15.3. The van der Waals surface area contributed by atoms with E-state index in [9.17, 15) is 4.79 Å². The van der Waals surface area contributed by atoms with Gasteiger partial charge in [-0.05, 0) is 46.0 Å². The van der Waals surface area contributed by atoms with Gasteiger partial charge in [0.2, 0.25) is 11.7 Å². The first-order valence-corrected chi connectivity index (χ1v) is 9.73. The molecule has 0 spiro atoms. The SMILES string of the molecule is COc1ccc2cc(COC(=O)CCc3nc(-c4ccsc4)no3)ccc2c1. The number of methoxy groups -OCH3 is 1. The lowest BCUT2D eigenvalue weighted by Crippen LogP contribution is -2.06. The fourth-order valence-electron chi connectivity index (χ4n) is 2.80. The van der Waals surface area contributed by atoms with E-state index in [0.717, 1.165) is 27.6 Å². The molecule has 7 heteroatoms. The van der Waals surface area contributed by atoms with E-state index in [0.29, 0.717) is 18.1 Å². The van der Waals surface area contributed by atoms with Gasteiger partial charge in [0.1, 0.15) is 12.4 Å². The number of rotatable bonds is 7. The number of thiophene rings is 1. The van der Waals surface area contributed by atoms with Gasteiger partial charge in [-0.15, -0.1) is 0 Å². The van der Waals surface area contributed by atoms with Crippen molar-refractivity contribution in [3.05, 3.63) is 64.7 Å². The molecule has 4 rings (SSSR count). The second-order valence-electron chi connectivity index (χ2n) is 6.23. The minimum absolute atomic E-state index is 0.191. The summed E-state index contributed by atoms with van der Waals surface area (Å²) in [5, 5.41) is 9.98. The highest BCUT2D eigenvalue weighted by Crippen LogP contribution is 2.22. The molecule has 0 N–H and O–H groups in total. The minimum Gasteiger partial charge on any atom is -0.497 e. The van der Waals surface area contributed by atoms with Crippen molar-refractivity contribution in [3.63, 3.8) is 0 Å². The average Bonchev–Trinajstić information content (AvgIpc) is 3.41. The van der Waals surface area contributed by atoms with E-state index in [1.165, 1.54) is 0 Å². The van der Waals surface area contributed by atoms with Crippen molar-refractivity contribution in [2.45, 2.75) is 19.4 Å². The normalized spacial score (nSPS) is 10.9. The number of aryl methyl sites for hydroxylation is 1. The predicted molar refractivity (Wildman–Crippen MR) is 106 cm³/mol. The third-order valence-corrected chi connectivity index (χ3v) is 4.99. The summed E-state index contributed by atoms with van der Waals surface area (Å²) in [5.41, 5.74) is 1.85. The Morgan fingerprint density at radius 2 is 2.00 bits per heavy atom. The molecule has 0 saturated heterocycles. The van der Waals surface area contributed by atoms with Gasteiger partial charge in [0, 0.05) is 17.4 Å². The van der Waals surface area contributed by atoms with Crippen LogP contribution in [-0.2, 0) is 22.6 Å². The van der Waals surface area contributed by atoms with Crippen LogP contribution in [0, 0.1) is 0 Å². The number of carbonyl (C=O) groups is 1. The predicted octanol–water partition coefficient (Wildman–Crippen LogP) is 4.64. The summed E-state index contributed by atoms with van der Waals surface area (Å²) in [4.78, 5) is 16.3. The maximum atomic E-state index is 12.0. The Morgan fingerprint density at radius 1 is 1.14 bits per heavy atom. The zero-order chi connectivity index (χ0) is 19.3. The number of esters is 1. The van der Waals surface area contributed by atoms with Crippen molar-refractivity contribution >= 4 is 28.1 Å². The van der Waals surface area contributed by atoms with E-state index >= 15 is 0 Å². The van der Waals surface area contributed by atoms with Crippen LogP contribution in [0.25, 0.3) is 22.2 Å². The highest BCUT2D eigenvalue weighted by Gasteiger charge is 2.12. The Bertz CT molecular complexity index is 1090. The Hall–Kier alpha value is -3.19. The molecular weight excluding hydrogens is 376 g/mol. The van der Waals surface area contributed by atoms with Crippen LogP contribution in [0.1, 0.15) is 17.9 Å².